The van der Waals surface area contributed by atoms with Crippen LogP contribution in [0.25, 0.3) is 10.2 Å². The second-order valence-electron chi connectivity index (χ2n) is 4.98. The van der Waals surface area contributed by atoms with Gasteiger partial charge in [0.15, 0.2) is 0 Å². The molecule has 2 N–H and O–H groups in total. The van der Waals surface area contributed by atoms with Crippen LogP contribution in [0.15, 0.2) is 23.7 Å². The molecule has 0 unspecified atom stereocenters. The molecule has 0 aromatic carbocycles. The molecule has 0 aliphatic rings. The van der Waals surface area contributed by atoms with Gasteiger partial charge in [0, 0.05) is 19.3 Å². The molecule has 3 nitrogen and oxygen atoms in total. The number of aromatic nitrogens is 1. The van der Waals surface area contributed by atoms with Crippen molar-refractivity contribution in [2.45, 2.75) is 20.3 Å². The summed E-state index contributed by atoms with van der Waals surface area (Å²) < 4.78 is 1.20. The lowest BCUT2D eigenvalue weighted by Crippen LogP contribution is -2.24. The van der Waals surface area contributed by atoms with Crippen molar-refractivity contribution in [2.75, 3.05) is 18.5 Å². The quantitative estimate of drug-likeness (QED) is 0.857. The van der Waals surface area contributed by atoms with Gasteiger partial charge in [-0.1, -0.05) is 13.8 Å². The number of aliphatic hydroxyl groups is 1. The van der Waals surface area contributed by atoms with Crippen LogP contribution in [0.5, 0.6) is 0 Å². The van der Waals surface area contributed by atoms with Crippen LogP contribution in [0.4, 0.5) is 5.69 Å². The number of hydrogen-bond donors (Lipinski definition) is 2. The molecule has 0 aliphatic heterocycles. The Balaban J connectivity index is 2.11. The maximum atomic E-state index is 9.00. The average molecular weight is 250 g/mol. The first-order chi connectivity index (χ1) is 8.12. The zero-order valence-corrected chi connectivity index (χ0v) is 11.0. The van der Waals surface area contributed by atoms with Gasteiger partial charge >= 0.3 is 0 Å². The van der Waals surface area contributed by atoms with E-state index in [1.54, 1.807) is 11.3 Å². The maximum Gasteiger partial charge on any atom is 0.0830 e. The highest BCUT2D eigenvalue weighted by atomic mass is 32.1. The van der Waals surface area contributed by atoms with Crippen molar-refractivity contribution in [3.63, 3.8) is 0 Å². The topological polar surface area (TPSA) is 45.1 Å². The summed E-state index contributed by atoms with van der Waals surface area (Å²) in [5.74, 6) is 0. The fourth-order valence-corrected chi connectivity index (χ4v) is 2.58. The number of hydrogen-bond acceptors (Lipinski definition) is 4. The van der Waals surface area contributed by atoms with Gasteiger partial charge in [0.2, 0.25) is 0 Å². The van der Waals surface area contributed by atoms with Crippen molar-refractivity contribution < 1.29 is 5.11 Å². The summed E-state index contributed by atoms with van der Waals surface area (Å²) in [5, 5.41) is 14.5. The van der Waals surface area contributed by atoms with E-state index in [0.717, 1.165) is 24.2 Å². The summed E-state index contributed by atoms with van der Waals surface area (Å²) >= 11 is 1.70. The summed E-state index contributed by atoms with van der Waals surface area (Å²) in [7, 11) is 0. The molecular weight excluding hydrogens is 232 g/mol. The van der Waals surface area contributed by atoms with Crippen molar-refractivity contribution in [3.05, 3.63) is 23.7 Å². The van der Waals surface area contributed by atoms with E-state index in [4.69, 9.17) is 5.11 Å². The van der Waals surface area contributed by atoms with E-state index in [-0.39, 0.29) is 12.0 Å². The molecule has 2 rings (SSSR count). The third kappa shape index (κ3) is 2.96. The molecule has 0 aliphatic carbocycles. The van der Waals surface area contributed by atoms with Gasteiger partial charge in [0.05, 0.1) is 15.9 Å². The molecule has 0 atom stereocenters. The first-order valence-electron chi connectivity index (χ1n) is 5.79. The number of rotatable bonds is 5. The van der Waals surface area contributed by atoms with E-state index < -0.39 is 0 Å². The van der Waals surface area contributed by atoms with Crippen LogP contribution in [0.1, 0.15) is 20.3 Å². The lowest BCUT2D eigenvalue weighted by molar-refractivity contribution is 0.220. The molecule has 4 heteroatoms. The Morgan fingerprint density at radius 2 is 2.24 bits per heavy atom. The Bertz CT molecular complexity index is 493. The average Bonchev–Trinajstić information content (AvgIpc) is 2.74. The number of fused-ring (bicyclic) bond motifs is 1. The molecule has 0 spiro atoms. The molecule has 0 amide bonds. The molecule has 17 heavy (non-hydrogen) atoms. The van der Waals surface area contributed by atoms with Gasteiger partial charge in [0.1, 0.15) is 0 Å². The monoisotopic (exact) mass is 250 g/mol. The Kier molecular flexibility index (Phi) is 3.64. The second kappa shape index (κ2) is 5.02. The summed E-state index contributed by atoms with van der Waals surface area (Å²) in [5.41, 5.74) is 2.28. The van der Waals surface area contributed by atoms with Gasteiger partial charge in [-0.25, -0.2) is 0 Å². The predicted molar refractivity (Wildman–Crippen MR) is 73.6 cm³/mol. The van der Waals surface area contributed by atoms with Crippen molar-refractivity contribution in [1.82, 2.24) is 4.98 Å². The zero-order chi connectivity index (χ0) is 12.3. The Morgan fingerprint density at radius 3 is 3.00 bits per heavy atom. The number of nitrogens with one attached hydrogen (secondary N) is 1. The van der Waals surface area contributed by atoms with Gasteiger partial charge in [-0.2, -0.15) is 0 Å². The van der Waals surface area contributed by atoms with Gasteiger partial charge in [-0.3, -0.25) is 4.98 Å². The fourth-order valence-electron chi connectivity index (χ4n) is 1.74. The lowest BCUT2D eigenvalue weighted by atomic mass is 9.90. The fraction of sp³-hybridized carbons (Fsp3) is 0.462. The van der Waals surface area contributed by atoms with Crippen LogP contribution in [0.2, 0.25) is 0 Å². The minimum atomic E-state index is 0.0988. The third-order valence-electron chi connectivity index (χ3n) is 2.89. The van der Waals surface area contributed by atoms with Crippen LogP contribution in [0.3, 0.4) is 0 Å². The van der Waals surface area contributed by atoms with Gasteiger partial charge in [0.25, 0.3) is 0 Å². The van der Waals surface area contributed by atoms with Crippen molar-refractivity contribution in [1.29, 1.82) is 0 Å². The van der Waals surface area contributed by atoms with Crippen molar-refractivity contribution in [3.8, 4) is 0 Å². The van der Waals surface area contributed by atoms with Gasteiger partial charge in [-0.15, -0.1) is 11.3 Å². The molecule has 2 heterocycles. The van der Waals surface area contributed by atoms with E-state index in [1.807, 2.05) is 18.3 Å². The molecule has 0 fully saturated rings. The van der Waals surface area contributed by atoms with E-state index >= 15 is 0 Å². The van der Waals surface area contributed by atoms with Crippen molar-refractivity contribution >= 4 is 27.2 Å². The van der Waals surface area contributed by atoms with Crippen LogP contribution in [-0.4, -0.2) is 23.2 Å². The zero-order valence-electron chi connectivity index (χ0n) is 10.2. The van der Waals surface area contributed by atoms with E-state index in [2.05, 4.69) is 29.5 Å². The molecule has 0 radical (unpaired) electrons. The smallest absolute Gasteiger partial charge is 0.0830 e. The SMILES string of the molecule is CC(C)(CCO)CNc1ccnc2ccsc12. The van der Waals surface area contributed by atoms with Crippen LogP contribution in [-0.2, 0) is 0 Å². The molecule has 2 aromatic heterocycles. The largest absolute Gasteiger partial charge is 0.396 e. The van der Waals surface area contributed by atoms with Gasteiger partial charge in [-0.05, 0) is 29.3 Å². The normalized spacial score (nSPS) is 11.9. The van der Waals surface area contributed by atoms with E-state index in [9.17, 15) is 0 Å². The number of pyridine rings is 1. The maximum absolute atomic E-state index is 9.00. The Morgan fingerprint density at radius 1 is 1.41 bits per heavy atom. The van der Waals surface area contributed by atoms with E-state index in [1.165, 1.54) is 4.70 Å². The number of anilines is 1. The van der Waals surface area contributed by atoms with Crippen LogP contribution in [0, 0.1) is 5.41 Å². The molecule has 0 saturated heterocycles. The van der Waals surface area contributed by atoms with E-state index in [0.29, 0.717) is 0 Å². The first kappa shape index (κ1) is 12.3. The van der Waals surface area contributed by atoms with Crippen molar-refractivity contribution in [2.24, 2.45) is 5.41 Å². The molecular formula is C13H18N2OS. The van der Waals surface area contributed by atoms with Crippen LogP contribution >= 0.6 is 11.3 Å². The minimum Gasteiger partial charge on any atom is -0.396 e. The second-order valence-corrected chi connectivity index (χ2v) is 5.90. The highest BCUT2D eigenvalue weighted by Crippen LogP contribution is 2.28. The summed E-state index contributed by atoms with van der Waals surface area (Å²) in [6.45, 7) is 5.40. The molecule has 92 valence electrons. The molecule has 0 saturated carbocycles. The Hall–Kier alpha value is -1.13. The highest BCUT2D eigenvalue weighted by molar-refractivity contribution is 7.17. The Labute approximate surface area is 106 Å². The number of thiophene rings is 1. The first-order valence-corrected chi connectivity index (χ1v) is 6.67. The lowest BCUT2D eigenvalue weighted by Gasteiger charge is -2.24. The number of aliphatic hydroxyl groups excluding tert-OH is 1. The predicted octanol–water partition coefficient (Wildman–Crippen LogP) is 3.12. The standard InChI is InChI=1S/C13H18N2OS/c1-13(2,5-7-16)9-15-10-3-6-14-11-4-8-17-12(10)11/h3-4,6,8,16H,5,7,9H2,1-2H3,(H,14,15). The molecule has 2 aromatic rings. The summed E-state index contributed by atoms with van der Waals surface area (Å²) in [6, 6.07) is 4.04. The minimum absolute atomic E-state index is 0.0988. The van der Waals surface area contributed by atoms with Crippen LogP contribution < -0.4 is 5.32 Å². The summed E-state index contributed by atoms with van der Waals surface area (Å²) in [6.07, 6.45) is 2.63. The summed E-state index contributed by atoms with van der Waals surface area (Å²) in [4.78, 5) is 4.31. The highest BCUT2D eigenvalue weighted by Gasteiger charge is 2.17. The van der Waals surface area contributed by atoms with Gasteiger partial charge < -0.3 is 10.4 Å². The molecule has 0 bridgehead atoms. The third-order valence-corrected chi connectivity index (χ3v) is 3.83. The number of nitrogens with zero attached hydrogens (tertiary/aromatic N) is 1.